The highest BCUT2D eigenvalue weighted by Gasteiger charge is 2.34. The maximum Gasteiger partial charge on any atom is 0.270 e. The molecule has 0 unspecified atom stereocenters. The Hall–Kier alpha value is -3.71. The van der Waals surface area contributed by atoms with E-state index in [-0.39, 0.29) is 17.3 Å². The fourth-order valence-electron chi connectivity index (χ4n) is 3.95. The van der Waals surface area contributed by atoms with Gasteiger partial charge in [-0.1, -0.05) is 77.8 Å². The molecule has 1 aliphatic heterocycles. The van der Waals surface area contributed by atoms with Crippen LogP contribution in [0.2, 0.25) is 10.0 Å². The molecule has 36 heavy (non-hydrogen) atoms. The third-order valence-corrected chi connectivity index (χ3v) is 6.74. The zero-order chi connectivity index (χ0) is 25.2. The Morgan fingerprint density at radius 2 is 1.64 bits per heavy atom. The Kier molecular flexibility index (Phi) is 6.74. The molecule has 2 amide bonds. The van der Waals surface area contributed by atoms with Gasteiger partial charge in [0.05, 0.1) is 15.7 Å². The van der Waals surface area contributed by atoms with Crippen LogP contribution in [0.25, 0.3) is 16.8 Å². The van der Waals surface area contributed by atoms with E-state index in [4.69, 9.17) is 40.2 Å². The minimum Gasteiger partial charge on any atom is -0.488 e. The first kappa shape index (κ1) is 24.0. The van der Waals surface area contributed by atoms with Crippen molar-refractivity contribution in [2.75, 3.05) is 4.90 Å². The van der Waals surface area contributed by atoms with E-state index >= 15 is 0 Å². The van der Waals surface area contributed by atoms with Crippen molar-refractivity contribution in [3.8, 4) is 5.75 Å². The van der Waals surface area contributed by atoms with Crippen LogP contribution in [0, 0.1) is 0 Å². The van der Waals surface area contributed by atoms with Gasteiger partial charge < -0.3 is 4.74 Å². The smallest absolute Gasteiger partial charge is 0.270 e. The molecule has 0 aliphatic carbocycles. The summed E-state index contributed by atoms with van der Waals surface area (Å²) in [5.74, 6) is -0.578. The molecule has 5 nitrogen and oxygen atoms in total. The number of nitrogens with one attached hydrogen (secondary N) is 1. The number of hydrogen-bond donors (Lipinski definition) is 1. The lowest BCUT2D eigenvalue weighted by atomic mass is 9.99. The van der Waals surface area contributed by atoms with Gasteiger partial charge in [-0.25, -0.2) is 0 Å². The largest absolute Gasteiger partial charge is 0.488 e. The van der Waals surface area contributed by atoms with Gasteiger partial charge in [0.25, 0.3) is 11.8 Å². The fraction of sp³-hybridized carbons (Fsp3) is 0.0357. The van der Waals surface area contributed by atoms with Gasteiger partial charge >= 0.3 is 0 Å². The minimum atomic E-state index is -0.569. The van der Waals surface area contributed by atoms with Crippen molar-refractivity contribution in [3.05, 3.63) is 112 Å². The number of fused-ring (bicyclic) bond motifs is 1. The van der Waals surface area contributed by atoms with E-state index in [9.17, 15) is 9.59 Å². The number of rotatable bonds is 5. The van der Waals surface area contributed by atoms with Crippen molar-refractivity contribution in [2.24, 2.45) is 0 Å². The van der Waals surface area contributed by atoms with E-state index in [1.54, 1.807) is 42.5 Å². The van der Waals surface area contributed by atoms with E-state index in [1.165, 1.54) is 4.90 Å². The molecule has 1 fully saturated rings. The van der Waals surface area contributed by atoms with E-state index in [0.717, 1.165) is 16.3 Å². The predicted molar refractivity (Wildman–Crippen MR) is 147 cm³/mol. The van der Waals surface area contributed by atoms with Crippen LogP contribution in [-0.4, -0.2) is 16.9 Å². The van der Waals surface area contributed by atoms with Crippen LogP contribution in [-0.2, 0) is 16.2 Å². The molecule has 1 saturated heterocycles. The molecule has 1 aliphatic rings. The summed E-state index contributed by atoms with van der Waals surface area (Å²) in [4.78, 5) is 27.7. The Morgan fingerprint density at radius 1 is 0.889 bits per heavy atom. The van der Waals surface area contributed by atoms with Crippen LogP contribution < -0.4 is 15.0 Å². The first-order valence-corrected chi connectivity index (χ1v) is 12.1. The quantitative estimate of drug-likeness (QED) is 0.179. The van der Waals surface area contributed by atoms with E-state index in [1.807, 2.05) is 48.5 Å². The number of amides is 2. The molecule has 4 aromatic rings. The van der Waals surface area contributed by atoms with E-state index in [0.29, 0.717) is 27.0 Å². The summed E-state index contributed by atoms with van der Waals surface area (Å²) in [7, 11) is 0. The molecule has 1 heterocycles. The van der Waals surface area contributed by atoms with Gasteiger partial charge in [0.2, 0.25) is 0 Å². The molecular weight excluding hydrogens is 515 g/mol. The van der Waals surface area contributed by atoms with Gasteiger partial charge in [0, 0.05) is 5.56 Å². The first-order chi connectivity index (χ1) is 17.4. The normalized spacial score (nSPS) is 14.9. The summed E-state index contributed by atoms with van der Waals surface area (Å²) in [6, 6.07) is 25.6. The number of ether oxygens (including phenoxy) is 1. The van der Waals surface area contributed by atoms with Crippen molar-refractivity contribution in [1.82, 2.24) is 5.32 Å². The highest BCUT2D eigenvalue weighted by molar-refractivity contribution is 7.80. The lowest BCUT2D eigenvalue weighted by Crippen LogP contribution is -2.54. The van der Waals surface area contributed by atoms with Crippen LogP contribution in [0.1, 0.15) is 11.1 Å². The topological polar surface area (TPSA) is 58.6 Å². The number of nitrogens with zero attached hydrogens (tertiary/aromatic N) is 1. The lowest BCUT2D eigenvalue weighted by molar-refractivity contribution is -0.122. The molecule has 178 valence electrons. The van der Waals surface area contributed by atoms with Crippen molar-refractivity contribution in [1.29, 1.82) is 0 Å². The highest BCUT2D eigenvalue weighted by atomic mass is 35.5. The van der Waals surface area contributed by atoms with Crippen molar-refractivity contribution in [3.63, 3.8) is 0 Å². The summed E-state index contributed by atoms with van der Waals surface area (Å²) in [6.45, 7) is 0.214. The molecule has 8 heteroatoms. The monoisotopic (exact) mass is 532 g/mol. The number of carbonyl (C=O) groups is 2. The third-order valence-electron chi connectivity index (χ3n) is 5.71. The van der Waals surface area contributed by atoms with E-state index in [2.05, 4.69) is 5.32 Å². The summed E-state index contributed by atoms with van der Waals surface area (Å²) >= 11 is 17.5. The van der Waals surface area contributed by atoms with Gasteiger partial charge in [-0.15, -0.1) is 0 Å². The van der Waals surface area contributed by atoms with Crippen LogP contribution in [0.15, 0.2) is 90.5 Å². The third kappa shape index (κ3) is 4.71. The molecule has 5 rings (SSSR count). The molecule has 0 aromatic heterocycles. The molecule has 0 atom stereocenters. The predicted octanol–water partition coefficient (Wildman–Crippen LogP) is 6.56. The second-order valence-electron chi connectivity index (χ2n) is 8.03. The lowest BCUT2D eigenvalue weighted by Gasteiger charge is -2.29. The molecular formula is C28H18Cl2N2O3S. The van der Waals surface area contributed by atoms with Gasteiger partial charge in [-0.05, 0) is 65.0 Å². The number of benzene rings is 4. The number of carbonyl (C=O) groups excluding carboxylic acids is 2. The zero-order valence-corrected chi connectivity index (χ0v) is 21.0. The number of anilines is 1. The summed E-state index contributed by atoms with van der Waals surface area (Å²) in [5.41, 5.74) is 1.94. The molecule has 4 aromatic carbocycles. The molecule has 1 N–H and O–H groups in total. The number of halogens is 2. The van der Waals surface area contributed by atoms with Gasteiger partial charge in [0.1, 0.15) is 17.9 Å². The average molecular weight is 533 g/mol. The molecule has 0 saturated carbocycles. The van der Waals surface area contributed by atoms with Crippen LogP contribution in [0.4, 0.5) is 5.69 Å². The maximum atomic E-state index is 13.5. The van der Waals surface area contributed by atoms with Crippen molar-refractivity contribution in [2.45, 2.75) is 6.61 Å². The summed E-state index contributed by atoms with van der Waals surface area (Å²) < 4.78 is 6.14. The first-order valence-electron chi connectivity index (χ1n) is 11.0. The van der Waals surface area contributed by atoms with E-state index < -0.39 is 11.8 Å². The van der Waals surface area contributed by atoms with Gasteiger partial charge in [0.15, 0.2) is 5.11 Å². The van der Waals surface area contributed by atoms with Crippen molar-refractivity contribution < 1.29 is 14.3 Å². The van der Waals surface area contributed by atoms with Gasteiger partial charge in [-0.2, -0.15) is 0 Å². The average Bonchev–Trinajstić information content (AvgIpc) is 2.88. The number of hydrogen-bond acceptors (Lipinski definition) is 4. The second kappa shape index (κ2) is 10.1. The molecule has 0 spiro atoms. The summed E-state index contributed by atoms with van der Waals surface area (Å²) in [5, 5.41) is 5.31. The maximum absolute atomic E-state index is 13.5. The van der Waals surface area contributed by atoms with Crippen molar-refractivity contribution >= 4 is 74.9 Å². The Morgan fingerprint density at radius 3 is 2.42 bits per heavy atom. The highest BCUT2D eigenvalue weighted by Crippen LogP contribution is 2.33. The van der Waals surface area contributed by atoms with Crippen LogP contribution in [0.3, 0.4) is 0 Å². The zero-order valence-electron chi connectivity index (χ0n) is 18.7. The van der Waals surface area contributed by atoms with Crippen LogP contribution >= 0.6 is 35.4 Å². The fourth-order valence-corrected chi connectivity index (χ4v) is 4.56. The van der Waals surface area contributed by atoms with Gasteiger partial charge in [-0.3, -0.25) is 19.8 Å². The summed E-state index contributed by atoms with van der Waals surface area (Å²) in [6.07, 6.45) is 1.56. The Labute approximate surface area is 222 Å². The SMILES string of the molecule is O=C1NC(=S)N(c2ccccc2)C(=O)/C1=C\c1c(OCc2ccc(Cl)c(Cl)c2)ccc2ccccc12. The second-order valence-corrected chi connectivity index (χ2v) is 9.23. The number of thiocarbonyl (C=S) groups is 1. The number of para-hydroxylation sites is 1. The van der Waals surface area contributed by atoms with Crippen LogP contribution in [0.5, 0.6) is 5.75 Å². The molecule has 0 bridgehead atoms. The minimum absolute atomic E-state index is 0.0300. The Bertz CT molecular complexity index is 1550. The molecule has 0 radical (unpaired) electrons. The standard InChI is InChI=1S/C28H18Cl2N2O3S/c29-23-12-10-17(14-24(23)30)16-35-25-13-11-18-6-4-5-9-20(18)21(25)15-22-26(33)31-28(36)32(27(22)34)19-7-2-1-3-8-19/h1-15H,16H2,(H,31,33,36)/b22-15-. The Balaban J connectivity index is 1.57.